The first-order valence-electron chi connectivity index (χ1n) is 10.1. The van der Waals surface area contributed by atoms with Gasteiger partial charge in [-0.1, -0.05) is 85.8 Å². The van der Waals surface area contributed by atoms with Crippen LogP contribution in [0.1, 0.15) is 85.5 Å². The second kappa shape index (κ2) is 18.2. The van der Waals surface area contributed by atoms with E-state index in [1.54, 1.807) is 0 Å². The van der Waals surface area contributed by atoms with Crippen LogP contribution in [-0.4, -0.2) is 23.7 Å². The van der Waals surface area contributed by atoms with Gasteiger partial charge in [-0.25, -0.2) is 9.59 Å². The zero-order chi connectivity index (χ0) is 20.4. The lowest BCUT2D eigenvalue weighted by atomic mass is 9.92. The van der Waals surface area contributed by atoms with E-state index < -0.39 is 5.97 Å². The van der Waals surface area contributed by atoms with Crippen molar-refractivity contribution in [2.75, 3.05) is 6.61 Å². The van der Waals surface area contributed by atoms with Crippen LogP contribution in [0.2, 0.25) is 0 Å². The minimum absolute atomic E-state index is 0.310. The molecule has 0 aliphatic carbocycles. The number of carbonyl (C=O) groups is 2. The summed E-state index contributed by atoms with van der Waals surface area (Å²) >= 11 is 0. The fraction of sp³-hybridized carbons (Fsp3) is 0.727. The Morgan fingerprint density at radius 2 is 1.50 bits per heavy atom. The van der Waals surface area contributed by atoms with Crippen LogP contribution in [0.15, 0.2) is 24.8 Å². The van der Waals surface area contributed by atoms with Crippen LogP contribution < -0.4 is 0 Å². The first kappa shape index (κ1) is 26.6. The summed E-state index contributed by atoms with van der Waals surface area (Å²) < 4.78 is 4.98. The molecule has 4 nitrogen and oxygen atoms in total. The minimum atomic E-state index is -0.852. The SMILES string of the molecule is C=C(CC(CC)CCCC)C(=O)O.C=CC(=O)OCC(CC)CCCC. The first-order valence-corrected chi connectivity index (χ1v) is 10.1. The second-order valence-electron chi connectivity index (χ2n) is 6.78. The molecular weight excluding hydrogens is 328 g/mol. The van der Waals surface area contributed by atoms with Crippen molar-refractivity contribution in [1.82, 2.24) is 0 Å². The number of esters is 1. The lowest BCUT2D eigenvalue weighted by molar-refractivity contribution is -0.139. The zero-order valence-electron chi connectivity index (χ0n) is 17.4. The van der Waals surface area contributed by atoms with Gasteiger partial charge >= 0.3 is 11.9 Å². The fourth-order valence-electron chi connectivity index (χ4n) is 2.54. The lowest BCUT2D eigenvalue weighted by Gasteiger charge is -2.13. The number of carboxylic acid groups (broad SMARTS) is 1. The Balaban J connectivity index is 0. The Morgan fingerprint density at radius 3 is 1.88 bits per heavy atom. The Labute approximate surface area is 160 Å². The van der Waals surface area contributed by atoms with Crippen LogP contribution in [0.4, 0.5) is 0 Å². The highest BCUT2D eigenvalue weighted by molar-refractivity contribution is 5.85. The van der Waals surface area contributed by atoms with Crippen LogP contribution in [-0.2, 0) is 14.3 Å². The molecule has 0 amide bonds. The minimum Gasteiger partial charge on any atom is -0.478 e. The molecule has 0 aromatic rings. The number of ether oxygens (including phenoxy) is 1. The van der Waals surface area contributed by atoms with Gasteiger partial charge in [0.15, 0.2) is 0 Å². The van der Waals surface area contributed by atoms with Gasteiger partial charge in [-0.2, -0.15) is 0 Å². The van der Waals surface area contributed by atoms with E-state index in [9.17, 15) is 9.59 Å². The molecule has 0 aliphatic rings. The van der Waals surface area contributed by atoms with Gasteiger partial charge in [0.05, 0.1) is 6.61 Å². The number of hydrogen-bond donors (Lipinski definition) is 1. The molecule has 2 atom stereocenters. The summed E-state index contributed by atoms with van der Waals surface area (Å²) in [5, 5.41) is 8.65. The van der Waals surface area contributed by atoms with Crippen molar-refractivity contribution >= 4 is 11.9 Å². The molecule has 0 saturated heterocycles. The third-order valence-corrected chi connectivity index (χ3v) is 4.55. The third-order valence-electron chi connectivity index (χ3n) is 4.55. The average molecular weight is 369 g/mol. The smallest absolute Gasteiger partial charge is 0.330 e. The molecule has 0 rings (SSSR count). The molecule has 0 aliphatic heterocycles. The van der Waals surface area contributed by atoms with E-state index in [2.05, 4.69) is 40.9 Å². The highest BCUT2D eigenvalue weighted by Crippen LogP contribution is 2.20. The van der Waals surface area contributed by atoms with Crippen molar-refractivity contribution in [1.29, 1.82) is 0 Å². The van der Waals surface area contributed by atoms with Gasteiger partial charge in [-0.05, 0) is 24.7 Å². The maximum atomic E-state index is 10.8. The van der Waals surface area contributed by atoms with Crippen molar-refractivity contribution in [2.24, 2.45) is 11.8 Å². The molecule has 0 aromatic heterocycles. The molecule has 0 heterocycles. The Kier molecular flexibility index (Phi) is 18.7. The predicted octanol–water partition coefficient (Wildman–Crippen LogP) is 6.17. The summed E-state index contributed by atoms with van der Waals surface area (Å²) in [5.74, 6) is -0.141. The molecule has 26 heavy (non-hydrogen) atoms. The highest BCUT2D eigenvalue weighted by atomic mass is 16.5. The zero-order valence-corrected chi connectivity index (χ0v) is 17.4. The largest absolute Gasteiger partial charge is 0.478 e. The molecule has 152 valence electrons. The van der Waals surface area contributed by atoms with E-state index >= 15 is 0 Å². The molecule has 2 unspecified atom stereocenters. The summed E-state index contributed by atoms with van der Waals surface area (Å²) in [6, 6.07) is 0. The maximum absolute atomic E-state index is 10.8. The Morgan fingerprint density at radius 1 is 1.00 bits per heavy atom. The summed E-state index contributed by atoms with van der Waals surface area (Å²) in [5.41, 5.74) is 0.350. The summed E-state index contributed by atoms with van der Waals surface area (Å²) in [7, 11) is 0. The monoisotopic (exact) mass is 368 g/mol. The van der Waals surface area contributed by atoms with Crippen LogP contribution in [0, 0.1) is 11.8 Å². The molecule has 0 bridgehead atoms. The number of carboxylic acids is 1. The van der Waals surface area contributed by atoms with Crippen LogP contribution >= 0.6 is 0 Å². The second-order valence-corrected chi connectivity index (χ2v) is 6.78. The van der Waals surface area contributed by atoms with Crippen molar-refractivity contribution in [3.63, 3.8) is 0 Å². The predicted molar refractivity (Wildman–Crippen MR) is 109 cm³/mol. The van der Waals surface area contributed by atoms with Crippen molar-refractivity contribution < 1.29 is 19.4 Å². The van der Waals surface area contributed by atoms with E-state index in [1.165, 1.54) is 31.8 Å². The molecule has 0 saturated carbocycles. The topological polar surface area (TPSA) is 63.6 Å². The van der Waals surface area contributed by atoms with Crippen molar-refractivity contribution in [2.45, 2.75) is 85.5 Å². The number of aliphatic carboxylic acids is 1. The van der Waals surface area contributed by atoms with Gasteiger partial charge in [0, 0.05) is 11.6 Å². The van der Waals surface area contributed by atoms with Gasteiger partial charge in [-0.15, -0.1) is 0 Å². The van der Waals surface area contributed by atoms with E-state index in [4.69, 9.17) is 9.84 Å². The van der Waals surface area contributed by atoms with Crippen molar-refractivity contribution in [3.05, 3.63) is 24.8 Å². The van der Waals surface area contributed by atoms with Gasteiger partial charge < -0.3 is 9.84 Å². The quantitative estimate of drug-likeness (QED) is 0.294. The van der Waals surface area contributed by atoms with E-state index in [0.717, 1.165) is 25.7 Å². The molecule has 0 fully saturated rings. The van der Waals surface area contributed by atoms with E-state index in [0.29, 0.717) is 30.4 Å². The highest BCUT2D eigenvalue weighted by Gasteiger charge is 2.11. The Hall–Kier alpha value is -1.58. The summed E-state index contributed by atoms with van der Waals surface area (Å²) in [6.45, 7) is 16.0. The number of unbranched alkanes of at least 4 members (excludes halogenated alkanes) is 2. The molecule has 0 spiro atoms. The van der Waals surface area contributed by atoms with E-state index in [1.807, 2.05) is 0 Å². The first-order chi connectivity index (χ1) is 12.4. The van der Waals surface area contributed by atoms with Gasteiger partial charge in [0.1, 0.15) is 0 Å². The van der Waals surface area contributed by atoms with Gasteiger partial charge in [-0.3, -0.25) is 0 Å². The third kappa shape index (κ3) is 15.9. The molecule has 0 aromatic carbocycles. The number of rotatable bonds is 14. The van der Waals surface area contributed by atoms with Gasteiger partial charge in [0.2, 0.25) is 0 Å². The van der Waals surface area contributed by atoms with Gasteiger partial charge in [0.25, 0.3) is 0 Å². The fourth-order valence-corrected chi connectivity index (χ4v) is 2.54. The normalized spacial score (nSPS) is 12.3. The summed E-state index contributed by atoms with van der Waals surface area (Å²) in [6.07, 6.45) is 11.0. The van der Waals surface area contributed by atoms with Crippen LogP contribution in [0.5, 0.6) is 0 Å². The molecular formula is C22H40O4. The summed E-state index contributed by atoms with van der Waals surface area (Å²) in [4.78, 5) is 21.3. The van der Waals surface area contributed by atoms with Crippen LogP contribution in [0.25, 0.3) is 0 Å². The average Bonchev–Trinajstić information content (AvgIpc) is 2.65. The molecule has 1 N–H and O–H groups in total. The Bertz CT molecular complexity index is 399. The molecule has 4 heteroatoms. The lowest BCUT2D eigenvalue weighted by Crippen LogP contribution is -2.12. The number of hydrogen-bond acceptors (Lipinski definition) is 3. The van der Waals surface area contributed by atoms with Crippen molar-refractivity contribution in [3.8, 4) is 0 Å². The number of carbonyl (C=O) groups excluding carboxylic acids is 1. The maximum Gasteiger partial charge on any atom is 0.330 e. The molecule has 0 radical (unpaired) electrons. The van der Waals surface area contributed by atoms with Crippen LogP contribution in [0.3, 0.4) is 0 Å². The van der Waals surface area contributed by atoms with E-state index in [-0.39, 0.29) is 5.97 Å². The standard InChI is InChI=1S/2C11H20O2/c1-4-6-7-10(5-2)8-9(3)11(12)13;1-4-7-8-10(5-2)9-13-11(12)6-3/h10H,3-8H2,1-2H3,(H,12,13);6,10H,3-5,7-9H2,1-2H3.